The number of hydrogen-bond acceptors (Lipinski definition) is 5. The van der Waals surface area contributed by atoms with Gasteiger partial charge in [0.2, 0.25) is 0 Å². The van der Waals surface area contributed by atoms with Crippen molar-refractivity contribution in [1.29, 1.82) is 0 Å². The number of methoxy groups -OCH3 is 2. The number of aromatic carboxylic acids is 1. The van der Waals surface area contributed by atoms with Crippen molar-refractivity contribution in [2.75, 3.05) is 19.5 Å². The van der Waals surface area contributed by atoms with Gasteiger partial charge in [0.25, 0.3) is 5.91 Å². The third-order valence-corrected chi connectivity index (χ3v) is 3.57. The van der Waals surface area contributed by atoms with Crippen LogP contribution in [0.15, 0.2) is 40.9 Å². The van der Waals surface area contributed by atoms with Crippen molar-refractivity contribution in [1.82, 2.24) is 0 Å². The van der Waals surface area contributed by atoms with E-state index in [-0.39, 0.29) is 17.0 Å². The summed E-state index contributed by atoms with van der Waals surface area (Å²) in [5.41, 5.74) is 0.233. The summed E-state index contributed by atoms with van der Waals surface area (Å²) in [7, 11) is 2.80. The number of nitrogens with one attached hydrogen (secondary N) is 1. The molecule has 2 rings (SSSR count). The Balaban J connectivity index is 2.41. The second-order valence-corrected chi connectivity index (χ2v) is 5.42. The molecule has 1 N–H and O–H groups in total. The van der Waals surface area contributed by atoms with Crippen molar-refractivity contribution in [2.45, 2.75) is 0 Å². The molecule has 1 amide bonds. The van der Waals surface area contributed by atoms with E-state index in [1.807, 2.05) is 0 Å². The molecule has 0 bridgehead atoms. The Kier molecular flexibility index (Phi) is 5.23. The third-order valence-electron chi connectivity index (χ3n) is 3.08. The summed E-state index contributed by atoms with van der Waals surface area (Å²) in [6, 6.07) is 9.33. The SMILES string of the molecule is COc1cc(NC(=O)c2cccc(Br)c2)c(C(=O)[O-])cc1OC. The molecular formula is C16H13BrNO5-. The van der Waals surface area contributed by atoms with E-state index in [4.69, 9.17) is 9.47 Å². The van der Waals surface area contributed by atoms with E-state index in [0.29, 0.717) is 11.3 Å². The average molecular weight is 379 g/mol. The topological polar surface area (TPSA) is 87.7 Å². The summed E-state index contributed by atoms with van der Waals surface area (Å²) in [4.78, 5) is 23.6. The Hall–Kier alpha value is -2.54. The van der Waals surface area contributed by atoms with E-state index in [9.17, 15) is 14.7 Å². The van der Waals surface area contributed by atoms with Gasteiger partial charge in [0.15, 0.2) is 11.5 Å². The zero-order chi connectivity index (χ0) is 17.0. The van der Waals surface area contributed by atoms with Gasteiger partial charge < -0.3 is 24.7 Å². The third kappa shape index (κ3) is 3.81. The maximum absolute atomic E-state index is 12.3. The number of amides is 1. The number of hydrogen-bond donors (Lipinski definition) is 1. The van der Waals surface area contributed by atoms with Gasteiger partial charge in [-0.05, 0) is 24.3 Å². The highest BCUT2D eigenvalue weighted by molar-refractivity contribution is 9.10. The summed E-state index contributed by atoms with van der Waals surface area (Å²) in [6.45, 7) is 0. The Bertz CT molecular complexity index is 760. The summed E-state index contributed by atoms with van der Waals surface area (Å²) >= 11 is 3.27. The van der Waals surface area contributed by atoms with E-state index >= 15 is 0 Å². The predicted octanol–water partition coefficient (Wildman–Crippen LogP) is 2.08. The molecule has 0 aliphatic carbocycles. The van der Waals surface area contributed by atoms with Crippen LogP contribution in [0.1, 0.15) is 20.7 Å². The van der Waals surface area contributed by atoms with Crippen LogP contribution in [-0.4, -0.2) is 26.1 Å². The molecule has 0 aromatic heterocycles. The van der Waals surface area contributed by atoms with E-state index < -0.39 is 11.9 Å². The summed E-state index contributed by atoms with van der Waals surface area (Å²) < 4.78 is 10.9. The number of carboxylic acids is 1. The maximum atomic E-state index is 12.3. The second-order valence-electron chi connectivity index (χ2n) is 4.50. The number of ether oxygens (including phenoxy) is 2. The van der Waals surface area contributed by atoms with Crippen molar-refractivity contribution in [3.8, 4) is 11.5 Å². The number of carboxylic acid groups (broad SMARTS) is 1. The lowest BCUT2D eigenvalue weighted by molar-refractivity contribution is -0.254. The van der Waals surface area contributed by atoms with Crippen molar-refractivity contribution in [3.05, 3.63) is 52.0 Å². The van der Waals surface area contributed by atoms with Crippen LogP contribution in [0.25, 0.3) is 0 Å². The molecule has 120 valence electrons. The normalized spacial score (nSPS) is 10.0. The molecule has 0 radical (unpaired) electrons. The zero-order valence-corrected chi connectivity index (χ0v) is 14.0. The Morgan fingerprint density at radius 2 is 1.74 bits per heavy atom. The molecule has 6 nitrogen and oxygen atoms in total. The molecule has 0 unspecified atom stereocenters. The smallest absolute Gasteiger partial charge is 0.255 e. The number of benzene rings is 2. The first-order chi connectivity index (χ1) is 11.0. The van der Waals surface area contributed by atoms with Crippen LogP contribution in [0.2, 0.25) is 0 Å². The van der Waals surface area contributed by atoms with Crippen LogP contribution in [-0.2, 0) is 0 Å². The Labute approximate surface area is 141 Å². The first-order valence-electron chi connectivity index (χ1n) is 6.50. The fraction of sp³-hybridized carbons (Fsp3) is 0.125. The van der Waals surface area contributed by atoms with E-state index in [1.54, 1.807) is 24.3 Å². The van der Waals surface area contributed by atoms with Crippen molar-refractivity contribution < 1.29 is 24.2 Å². The molecule has 0 saturated heterocycles. The maximum Gasteiger partial charge on any atom is 0.255 e. The number of halogens is 1. The van der Waals surface area contributed by atoms with Crippen LogP contribution in [0.4, 0.5) is 5.69 Å². The zero-order valence-electron chi connectivity index (χ0n) is 12.4. The molecular weight excluding hydrogens is 366 g/mol. The van der Waals surface area contributed by atoms with Gasteiger partial charge in [0.05, 0.1) is 25.9 Å². The number of carbonyl (C=O) groups is 2. The molecule has 0 heterocycles. The van der Waals surface area contributed by atoms with Crippen LogP contribution < -0.4 is 19.9 Å². The highest BCUT2D eigenvalue weighted by atomic mass is 79.9. The number of anilines is 1. The lowest BCUT2D eigenvalue weighted by Crippen LogP contribution is -2.25. The van der Waals surface area contributed by atoms with Gasteiger partial charge in [-0.25, -0.2) is 0 Å². The van der Waals surface area contributed by atoms with Crippen LogP contribution in [0.5, 0.6) is 11.5 Å². The highest BCUT2D eigenvalue weighted by Crippen LogP contribution is 2.33. The van der Waals surface area contributed by atoms with Gasteiger partial charge >= 0.3 is 0 Å². The number of carbonyl (C=O) groups excluding carboxylic acids is 2. The standard InChI is InChI=1S/C16H14BrNO5/c1-22-13-7-11(16(20)21)12(8-14(13)23-2)18-15(19)9-4-3-5-10(17)6-9/h3-8H,1-2H3,(H,18,19)(H,20,21)/p-1. The average Bonchev–Trinajstić information content (AvgIpc) is 2.54. The minimum absolute atomic E-state index is 0.0626. The summed E-state index contributed by atoms with van der Waals surface area (Å²) in [5, 5.41) is 13.8. The van der Waals surface area contributed by atoms with Crippen molar-refractivity contribution >= 4 is 33.5 Å². The lowest BCUT2D eigenvalue weighted by atomic mass is 10.1. The van der Waals surface area contributed by atoms with E-state index in [0.717, 1.165) is 4.47 Å². The molecule has 2 aromatic rings. The first kappa shape index (κ1) is 16.8. The van der Waals surface area contributed by atoms with Gasteiger partial charge in [-0.3, -0.25) is 4.79 Å². The largest absolute Gasteiger partial charge is 0.545 e. The fourth-order valence-corrected chi connectivity index (χ4v) is 2.37. The van der Waals surface area contributed by atoms with Crippen LogP contribution in [0.3, 0.4) is 0 Å². The van der Waals surface area contributed by atoms with E-state index in [2.05, 4.69) is 21.2 Å². The Morgan fingerprint density at radius 1 is 1.09 bits per heavy atom. The van der Waals surface area contributed by atoms with E-state index in [1.165, 1.54) is 26.4 Å². The first-order valence-corrected chi connectivity index (χ1v) is 7.30. The molecule has 0 aliphatic heterocycles. The van der Waals surface area contributed by atoms with Gasteiger partial charge in [0.1, 0.15) is 0 Å². The van der Waals surface area contributed by atoms with Crippen molar-refractivity contribution in [3.63, 3.8) is 0 Å². The highest BCUT2D eigenvalue weighted by Gasteiger charge is 2.15. The monoisotopic (exact) mass is 378 g/mol. The predicted molar refractivity (Wildman–Crippen MR) is 86.0 cm³/mol. The van der Waals surface area contributed by atoms with Gasteiger partial charge in [-0.2, -0.15) is 0 Å². The summed E-state index contributed by atoms with van der Waals surface area (Å²) in [5.74, 6) is -1.37. The van der Waals surface area contributed by atoms with Gasteiger partial charge in [-0.1, -0.05) is 22.0 Å². The molecule has 2 aromatic carbocycles. The molecule has 0 aliphatic rings. The lowest BCUT2D eigenvalue weighted by Gasteiger charge is -2.16. The van der Waals surface area contributed by atoms with Crippen molar-refractivity contribution in [2.24, 2.45) is 0 Å². The molecule has 0 fully saturated rings. The molecule has 0 atom stereocenters. The second kappa shape index (κ2) is 7.15. The number of rotatable bonds is 5. The molecule has 0 spiro atoms. The molecule has 7 heteroatoms. The van der Waals surface area contributed by atoms with Crippen LogP contribution >= 0.6 is 15.9 Å². The fourth-order valence-electron chi connectivity index (χ4n) is 1.98. The Morgan fingerprint density at radius 3 is 2.30 bits per heavy atom. The molecule has 23 heavy (non-hydrogen) atoms. The van der Waals surface area contributed by atoms with Gasteiger partial charge in [-0.15, -0.1) is 0 Å². The van der Waals surface area contributed by atoms with Crippen LogP contribution in [0, 0.1) is 0 Å². The minimum atomic E-state index is -1.43. The molecule has 0 saturated carbocycles. The summed E-state index contributed by atoms with van der Waals surface area (Å²) in [6.07, 6.45) is 0. The quantitative estimate of drug-likeness (QED) is 0.860. The minimum Gasteiger partial charge on any atom is -0.545 e. The van der Waals surface area contributed by atoms with Gasteiger partial charge in [0, 0.05) is 21.7 Å².